The van der Waals surface area contributed by atoms with Crippen molar-refractivity contribution >= 4 is 23.4 Å². The normalized spacial score (nSPS) is 15.2. The Morgan fingerprint density at radius 1 is 1.03 bits per heavy atom. The lowest BCUT2D eigenvalue weighted by Gasteiger charge is -2.25. The van der Waals surface area contributed by atoms with Crippen molar-refractivity contribution in [3.63, 3.8) is 0 Å². The molecule has 2 aliphatic heterocycles. The standard InChI is InChI=1S/C26H23N3O4/c30-24-16-33-23-11-10-18(12-22(23)28-24)25(31)27-13-20(17-6-2-1-3-7-17)15-29-14-19-8-4-5-9-21(19)26(29)32/h1-12,20H,13-16H2,(H,27,31)(H,28,30)/t20-/m0/s1. The van der Waals surface area contributed by atoms with Gasteiger partial charge < -0.3 is 20.3 Å². The molecule has 2 aliphatic rings. The van der Waals surface area contributed by atoms with Crippen LogP contribution in [0.1, 0.15) is 37.8 Å². The number of hydrogen-bond acceptors (Lipinski definition) is 4. The van der Waals surface area contributed by atoms with Gasteiger partial charge in [0, 0.05) is 36.7 Å². The Balaban J connectivity index is 1.30. The smallest absolute Gasteiger partial charge is 0.262 e. The fourth-order valence-electron chi connectivity index (χ4n) is 4.28. The monoisotopic (exact) mass is 441 g/mol. The van der Waals surface area contributed by atoms with Crippen LogP contribution in [-0.4, -0.2) is 42.3 Å². The van der Waals surface area contributed by atoms with Gasteiger partial charge in [-0.15, -0.1) is 0 Å². The number of rotatable bonds is 6. The number of nitrogens with one attached hydrogen (secondary N) is 2. The largest absolute Gasteiger partial charge is 0.482 e. The molecule has 33 heavy (non-hydrogen) atoms. The third-order valence-corrected chi connectivity index (χ3v) is 5.99. The molecule has 3 amide bonds. The van der Waals surface area contributed by atoms with Crippen molar-refractivity contribution < 1.29 is 19.1 Å². The summed E-state index contributed by atoms with van der Waals surface area (Å²) in [7, 11) is 0. The second-order valence-electron chi connectivity index (χ2n) is 8.21. The first-order valence-corrected chi connectivity index (χ1v) is 10.9. The Bertz CT molecular complexity index is 1230. The molecule has 0 bridgehead atoms. The maximum absolute atomic E-state index is 12.9. The topological polar surface area (TPSA) is 87.7 Å². The van der Waals surface area contributed by atoms with Crippen LogP contribution in [0.3, 0.4) is 0 Å². The molecule has 7 nitrogen and oxygen atoms in total. The third kappa shape index (κ3) is 4.30. The molecule has 3 aromatic carbocycles. The molecule has 166 valence electrons. The van der Waals surface area contributed by atoms with Gasteiger partial charge >= 0.3 is 0 Å². The van der Waals surface area contributed by atoms with Gasteiger partial charge in [0.05, 0.1) is 5.69 Å². The molecular weight excluding hydrogens is 418 g/mol. The number of carbonyl (C=O) groups is 3. The Morgan fingerprint density at radius 3 is 2.64 bits per heavy atom. The van der Waals surface area contributed by atoms with E-state index in [9.17, 15) is 14.4 Å². The van der Waals surface area contributed by atoms with E-state index in [1.807, 2.05) is 59.5 Å². The van der Waals surface area contributed by atoms with Crippen LogP contribution in [0.5, 0.6) is 5.75 Å². The molecule has 0 aromatic heterocycles. The van der Waals surface area contributed by atoms with E-state index >= 15 is 0 Å². The van der Waals surface area contributed by atoms with E-state index in [0.717, 1.165) is 16.7 Å². The number of benzene rings is 3. The van der Waals surface area contributed by atoms with Gasteiger partial charge in [-0.1, -0.05) is 48.5 Å². The Hall–Kier alpha value is -4.13. The van der Waals surface area contributed by atoms with Crippen LogP contribution in [-0.2, 0) is 11.3 Å². The number of hydrogen-bond donors (Lipinski definition) is 2. The summed E-state index contributed by atoms with van der Waals surface area (Å²) in [6.07, 6.45) is 0. The highest BCUT2D eigenvalue weighted by Gasteiger charge is 2.29. The van der Waals surface area contributed by atoms with Crippen molar-refractivity contribution in [2.24, 2.45) is 0 Å². The predicted molar refractivity (Wildman–Crippen MR) is 123 cm³/mol. The molecule has 2 N–H and O–H groups in total. The fourth-order valence-corrected chi connectivity index (χ4v) is 4.28. The molecule has 7 heteroatoms. The van der Waals surface area contributed by atoms with Gasteiger partial charge in [0.15, 0.2) is 6.61 Å². The van der Waals surface area contributed by atoms with Crippen LogP contribution >= 0.6 is 0 Å². The summed E-state index contributed by atoms with van der Waals surface area (Å²) in [4.78, 5) is 39.2. The first-order valence-electron chi connectivity index (χ1n) is 10.9. The van der Waals surface area contributed by atoms with Gasteiger partial charge in [-0.05, 0) is 35.4 Å². The average Bonchev–Trinajstić information content (AvgIpc) is 3.16. The van der Waals surface area contributed by atoms with Gasteiger partial charge in [-0.2, -0.15) is 0 Å². The minimum Gasteiger partial charge on any atom is -0.482 e. The predicted octanol–water partition coefficient (Wildman–Crippen LogP) is 3.19. The number of nitrogens with zero attached hydrogens (tertiary/aromatic N) is 1. The lowest BCUT2D eigenvalue weighted by atomic mass is 9.98. The molecule has 0 aliphatic carbocycles. The van der Waals surface area contributed by atoms with E-state index in [1.165, 1.54) is 0 Å². The van der Waals surface area contributed by atoms with Gasteiger partial charge in [0.2, 0.25) is 0 Å². The quantitative estimate of drug-likeness (QED) is 0.615. The van der Waals surface area contributed by atoms with E-state index in [2.05, 4.69) is 10.6 Å². The zero-order valence-electron chi connectivity index (χ0n) is 17.9. The van der Waals surface area contributed by atoms with Gasteiger partial charge in [-0.25, -0.2) is 0 Å². The van der Waals surface area contributed by atoms with E-state index in [1.54, 1.807) is 18.2 Å². The van der Waals surface area contributed by atoms with Gasteiger partial charge in [-0.3, -0.25) is 14.4 Å². The van der Waals surface area contributed by atoms with Crippen LogP contribution in [0.15, 0.2) is 72.8 Å². The number of carbonyl (C=O) groups excluding carboxylic acids is 3. The third-order valence-electron chi connectivity index (χ3n) is 5.99. The molecule has 0 saturated heterocycles. The minimum atomic E-state index is -0.255. The van der Waals surface area contributed by atoms with E-state index in [0.29, 0.717) is 36.6 Å². The molecule has 0 spiro atoms. The molecule has 5 rings (SSSR count). The second kappa shape index (κ2) is 8.78. The van der Waals surface area contributed by atoms with Crippen molar-refractivity contribution in [3.8, 4) is 5.75 Å². The van der Waals surface area contributed by atoms with Crippen LogP contribution < -0.4 is 15.4 Å². The summed E-state index contributed by atoms with van der Waals surface area (Å²) in [5.74, 6) is -0.0205. The lowest BCUT2D eigenvalue weighted by Crippen LogP contribution is -2.36. The van der Waals surface area contributed by atoms with Crippen LogP contribution in [0, 0.1) is 0 Å². The van der Waals surface area contributed by atoms with Crippen LogP contribution in [0.2, 0.25) is 0 Å². The number of amides is 3. The molecule has 0 radical (unpaired) electrons. The first kappa shape index (κ1) is 20.8. The first-order chi connectivity index (χ1) is 16.1. The molecule has 3 aromatic rings. The summed E-state index contributed by atoms with van der Waals surface area (Å²) in [5, 5.41) is 5.71. The van der Waals surface area contributed by atoms with Crippen molar-refractivity contribution in [1.29, 1.82) is 0 Å². The summed E-state index contributed by atoms with van der Waals surface area (Å²) >= 11 is 0. The lowest BCUT2D eigenvalue weighted by molar-refractivity contribution is -0.118. The Labute approximate surface area is 191 Å². The zero-order chi connectivity index (χ0) is 22.8. The SMILES string of the molecule is O=C1COc2ccc(C(=O)NC[C@@H](CN3Cc4ccccc4C3=O)c3ccccc3)cc2N1. The Kier molecular flexibility index (Phi) is 5.52. The van der Waals surface area contributed by atoms with E-state index < -0.39 is 0 Å². The minimum absolute atomic E-state index is 0.0169. The van der Waals surface area contributed by atoms with Crippen molar-refractivity contribution in [2.75, 3.05) is 25.0 Å². The van der Waals surface area contributed by atoms with E-state index in [-0.39, 0.29) is 30.2 Å². The molecule has 0 saturated carbocycles. The maximum Gasteiger partial charge on any atom is 0.262 e. The number of ether oxygens (including phenoxy) is 1. The highest BCUT2D eigenvalue weighted by molar-refractivity contribution is 6.00. The highest BCUT2D eigenvalue weighted by atomic mass is 16.5. The second-order valence-corrected chi connectivity index (χ2v) is 8.21. The van der Waals surface area contributed by atoms with Crippen LogP contribution in [0.4, 0.5) is 5.69 Å². The average molecular weight is 441 g/mol. The summed E-state index contributed by atoms with van der Waals surface area (Å²) in [6.45, 7) is 1.39. The van der Waals surface area contributed by atoms with Crippen molar-refractivity contribution in [2.45, 2.75) is 12.5 Å². The summed E-state index contributed by atoms with van der Waals surface area (Å²) in [6, 6.07) is 22.5. The number of anilines is 1. The molecule has 2 heterocycles. The molecule has 1 atom stereocenters. The van der Waals surface area contributed by atoms with E-state index in [4.69, 9.17) is 4.74 Å². The van der Waals surface area contributed by atoms with Gasteiger partial charge in [0.1, 0.15) is 5.75 Å². The fraction of sp³-hybridized carbons (Fsp3) is 0.192. The zero-order valence-corrected chi connectivity index (χ0v) is 17.9. The summed E-state index contributed by atoms with van der Waals surface area (Å²) < 4.78 is 5.36. The van der Waals surface area contributed by atoms with Gasteiger partial charge in [0.25, 0.3) is 17.7 Å². The Morgan fingerprint density at radius 2 is 1.82 bits per heavy atom. The number of fused-ring (bicyclic) bond motifs is 2. The molecular formula is C26H23N3O4. The van der Waals surface area contributed by atoms with Crippen molar-refractivity contribution in [3.05, 3.63) is 95.1 Å². The van der Waals surface area contributed by atoms with Crippen LogP contribution in [0.25, 0.3) is 0 Å². The molecule has 0 fully saturated rings. The highest BCUT2D eigenvalue weighted by Crippen LogP contribution is 2.29. The van der Waals surface area contributed by atoms with Crippen molar-refractivity contribution in [1.82, 2.24) is 10.2 Å². The maximum atomic E-state index is 12.9. The summed E-state index contributed by atoms with van der Waals surface area (Å²) in [5.41, 5.74) is 3.73. The molecule has 0 unspecified atom stereocenters.